The van der Waals surface area contributed by atoms with E-state index in [9.17, 15) is 27.2 Å². The van der Waals surface area contributed by atoms with Crippen molar-refractivity contribution in [2.45, 2.75) is 25.1 Å². The normalized spacial score (nSPS) is 16.5. The molecule has 0 radical (unpaired) electrons. The molecule has 0 aliphatic carbocycles. The van der Waals surface area contributed by atoms with Crippen molar-refractivity contribution in [2.75, 3.05) is 13.1 Å². The Bertz CT molecular complexity index is 549. The van der Waals surface area contributed by atoms with Crippen LogP contribution in [0.1, 0.15) is 23.2 Å². The number of carbonyl (C=O) groups excluding carboxylic acids is 2. The van der Waals surface area contributed by atoms with E-state index in [0.29, 0.717) is 0 Å². The van der Waals surface area contributed by atoms with Crippen LogP contribution in [0.15, 0.2) is 24.3 Å². The number of piperidine rings is 1. The average Bonchev–Trinajstić information content (AvgIpc) is 2.47. The number of rotatable bonds is 2. The van der Waals surface area contributed by atoms with Gasteiger partial charge in [-0.25, -0.2) is 4.39 Å². The summed E-state index contributed by atoms with van der Waals surface area (Å²) in [6.07, 6.45) is -4.38. The number of alkyl halides is 3. The standard InChI is InChI=1S/C14H14F4N2O2/c15-10-3-1-9(2-4-10)12(21)19-11-5-7-20(8-6-11)13(22)14(16,17)18/h1-4,11H,5-8H2,(H,19,21). The number of carbonyl (C=O) groups is 2. The molecule has 0 aromatic heterocycles. The highest BCUT2D eigenvalue weighted by Crippen LogP contribution is 2.21. The molecular formula is C14H14F4N2O2. The summed E-state index contributed by atoms with van der Waals surface area (Å²) in [5.41, 5.74) is 0.273. The molecule has 1 N–H and O–H groups in total. The van der Waals surface area contributed by atoms with Gasteiger partial charge >= 0.3 is 12.1 Å². The fourth-order valence-electron chi connectivity index (χ4n) is 2.28. The van der Waals surface area contributed by atoms with Crippen LogP contribution in [0.3, 0.4) is 0 Å². The second kappa shape index (κ2) is 6.33. The van der Waals surface area contributed by atoms with Crippen molar-refractivity contribution in [3.8, 4) is 0 Å². The maximum absolute atomic E-state index is 12.8. The van der Waals surface area contributed by atoms with Gasteiger partial charge in [0.05, 0.1) is 0 Å². The highest BCUT2D eigenvalue weighted by atomic mass is 19.4. The zero-order chi connectivity index (χ0) is 16.3. The van der Waals surface area contributed by atoms with Gasteiger partial charge in [-0.3, -0.25) is 9.59 Å². The van der Waals surface area contributed by atoms with Crippen LogP contribution < -0.4 is 5.32 Å². The minimum Gasteiger partial charge on any atom is -0.349 e. The number of nitrogens with one attached hydrogen (secondary N) is 1. The number of benzene rings is 1. The van der Waals surface area contributed by atoms with Crippen molar-refractivity contribution >= 4 is 11.8 Å². The summed E-state index contributed by atoms with van der Waals surface area (Å²) in [6, 6.07) is 4.65. The Balaban J connectivity index is 1.86. The van der Waals surface area contributed by atoms with Gasteiger partial charge < -0.3 is 10.2 Å². The second-order valence-corrected chi connectivity index (χ2v) is 5.04. The topological polar surface area (TPSA) is 49.4 Å². The van der Waals surface area contributed by atoms with Gasteiger partial charge in [0.15, 0.2) is 0 Å². The Kier molecular flexibility index (Phi) is 4.68. The van der Waals surface area contributed by atoms with E-state index < -0.39 is 23.8 Å². The molecule has 1 aromatic rings. The summed E-state index contributed by atoms with van der Waals surface area (Å²) in [7, 11) is 0. The molecule has 0 unspecified atom stereocenters. The first kappa shape index (κ1) is 16.3. The van der Waals surface area contributed by atoms with Crippen molar-refractivity contribution in [3.05, 3.63) is 35.6 Å². The van der Waals surface area contributed by atoms with Crippen LogP contribution in [0.2, 0.25) is 0 Å². The van der Waals surface area contributed by atoms with E-state index in [1.807, 2.05) is 0 Å². The third kappa shape index (κ3) is 3.96. The zero-order valence-corrected chi connectivity index (χ0v) is 11.5. The van der Waals surface area contributed by atoms with E-state index >= 15 is 0 Å². The molecule has 0 saturated carbocycles. The number of hydrogen-bond acceptors (Lipinski definition) is 2. The minimum absolute atomic E-state index is 0.0628. The number of amides is 2. The van der Waals surface area contributed by atoms with Gasteiger partial charge in [0.2, 0.25) is 0 Å². The molecule has 22 heavy (non-hydrogen) atoms. The van der Waals surface area contributed by atoms with E-state index in [1.54, 1.807) is 0 Å². The molecule has 1 fully saturated rings. The van der Waals surface area contributed by atoms with E-state index in [0.717, 1.165) is 17.0 Å². The number of nitrogens with zero attached hydrogens (tertiary/aromatic N) is 1. The van der Waals surface area contributed by atoms with Crippen molar-refractivity contribution in [1.29, 1.82) is 0 Å². The summed E-state index contributed by atoms with van der Waals surface area (Å²) in [5, 5.41) is 2.67. The summed E-state index contributed by atoms with van der Waals surface area (Å²) in [6.45, 7) is -0.126. The molecule has 120 valence electrons. The quantitative estimate of drug-likeness (QED) is 0.849. The largest absolute Gasteiger partial charge is 0.471 e. The van der Waals surface area contributed by atoms with Crippen LogP contribution in [0, 0.1) is 5.82 Å². The fourth-order valence-corrected chi connectivity index (χ4v) is 2.28. The van der Waals surface area contributed by atoms with Crippen LogP contribution in [-0.2, 0) is 4.79 Å². The highest BCUT2D eigenvalue weighted by Gasteiger charge is 2.43. The molecule has 0 bridgehead atoms. The summed E-state index contributed by atoms with van der Waals surface area (Å²) < 4.78 is 49.7. The van der Waals surface area contributed by atoms with Crippen molar-refractivity contribution in [2.24, 2.45) is 0 Å². The van der Waals surface area contributed by atoms with Gasteiger partial charge in [-0.15, -0.1) is 0 Å². The lowest BCUT2D eigenvalue weighted by molar-refractivity contribution is -0.186. The monoisotopic (exact) mass is 318 g/mol. The fraction of sp³-hybridized carbons (Fsp3) is 0.429. The third-order valence-corrected chi connectivity index (χ3v) is 3.47. The first-order chi connectivity index (χ1) is 10.3. The van der Waals surface area contributed by atoms with Gasteiger partial charge in [0.1, 0.15) is 5.82 Å². The minimum atomic E-state index is -4.87. The van der Waals surface area contributed by atoms with Gasteiger partial charge in [0.25, 0.3) is 5.91 Å². The Morgan fingerprint density at radius 3 is 2.14 bits per heavy atom. The van der Waals surface area contributed by atoms with E-state index in [1.165, 1.54) is 12.1 Å². The SMILES string of the molecule is O=C(NC1CCN(C(=O)C(F)(F)F)CC1)c1ccc(F)cc1. The lowest BCUT2D eigenvalue weighted by Crippen LogP contribution is -2.50. The molecule has 8 heteroatoms. The lowest BCUT2D eigenvalue weighted by Gasteiger charge is -2.32. The third-order valence-electron chi connectivity index (χ3n) is 3.47. The van der Waals surface area contributed by atoms with E-state index in [2.05, 4.69) is 5.32 Å². The Morgan fingerprint density at radius 1 is 1.09 bits per heavy atom. The van der Waals surface area contributed by atoms with Crippen LogP contribution in [0.25, 0.3) is 0 Å². The zero-order valence-electron chi connectivity index (χ0n) is 11.5. The molecule has 2 rings (SSSR count). The van der Waals surface area contributed by atoms with Crippen LogP contribution in [0.5, 0.6) is 0 Å². The first-order valence-electron chi connectivity index (χ1n) is 6.70. The van der Waals surface area contributed by atoms with Gasteiger partial charge in [-0.1, -0.05) is 0 Å². The Labute approximate surface area is 124 Å². The number of likely N-dealkylation sites (tertiary alicyclic amines) is 1. The van der Waals surface area contributed by atoms with Crippen LogP contribution >= 0.6 is 0 Å². The molecule has 0 spiro atoms. The molecule has 2 amide bonds. The molecule has 1 aliphatic rings. The van der Waals surface area contributed by atoms with Crippen molar-refractivity contribution < 1.29 is 27.2 Å². The Hall–Kier alpha value is -2.12. The van der Waals surface area contributed by atoms with Crippen LogP contribution in [-0.4, -0.2) is 42.0 Å². The second-order valence-electron chi connectivity index (χ2n) is 5.04. The van der Waals surface area contributed by atoms with Crippen molar-refractivity contribution in [3.63, 3.8) is 0 Å². The molecule has 1 heterocycles. The Morgan fingerprint density at radius 2 is 1.64 bits per heavy atom. The lowest BCUT2D eigenvalue weighted by atomic mass is 10.0. The first-order valence-corrected chi connectivity index (χ1v) is 6.70. The highest BCUT2D eigenvalue weighted by molar-refractivity contribution is 5.94. The maximum Gasteiger partial charge on any atom is 0.471 e. The van der Waals surface area contributed by atoms with E-state index in [-0.39, 0.29) is 37.5 Å². The predicted molar refractivity (Wildman–Crippen MR) is 69.5 cm³/mol. The van der Waals surface area contributed by atoms with Gasteiger partial charge in [-0.05, 0) is 37.1 Å². The predicted octanol–water partition coefficient (Wildman–Crippen LogP) is 2.11. The molecule has 1 saturated heterocycles. The summed E-state index contributed by atoms with van der Waals surface area (Å²) in [4.78, 5) is 23.7. The van der Waals surface area contributed by atoms with Gasteiger partial charge in [0, 0.05) is 24.7 Å². The smallest absolute Gasteiger partial charge is 0.349 e. The van der Waals surface area contributed by atoms with E-state index in [4.69, 9.17) is 0 Å². The molecule has 1 aliphatic heterocycles. The molecular weight excluding hydrogens is 304 g/mol. The summed E-state index contributed by atoms with van der Waals surface area (Å²) in [5.74, 6) is -2.73. The average molecular weight is 318 g/mol. The number of halogens is 4. The van der Waals surface area contributed by atoms with Crippen LogP contribution in [0.4, 0.5) is 17.6 Å². The molecule has 4 nitrogen and oxygen atoms in total. The van der Waals surface area contributed by atoms with Gasteiger partial charge in [-0.2, -0.15) is 13.2 Å². The summed E-state index contributed by atoms with van der Waals surface area (Å²) >= 11 is 0. The molecule has 1 aromatic carbocycles. The molecule has 0 atom stereocenters. The van der Waals surface area contributed by atoms with Crippen molar-refractivity contribution in [1.82, 2.24) is 10.2 Å². The maximum atomic E-state index is 12.8. The number of hydrogen-bond donors (Lipinski definition) is 1.